The largest absolute Gasteiger partial charge is 0.376 e. The smallest absolute Gasteiger partial charge is 0.183 e. The van der Waals surface area contributed by atoms with E-state index in [1.165, 1.54) is 0 Å². The molecule has 2 atom stereocenters. The van der Waals surface area contributed by atoms with Gasteiger partial charge in [0, 0.05) is 36.8 Å². The number of ether oxygens (including phenoxy) is 1. The highest BCUT2D eigenvalue weighted by atomic mass is 16.5. The van der Waals surface area contributed by atoms with E-state index < -0.39 is 0 Å². The highest BCUT2D eigenvalue weighted by Crippen LogP contribution is 2.42. The standard InChI is InChI=1S/C23H30N8O/c1-14-5-6-17-16(26-14)4-3-9-31(17)22-19-21(28-29-22)27-18(12-25-19)30-10-7-23(8-11-30)13-32-15(2)20(23)24/h5-6,12,15,20H,3-4,7-11,13,24H2,1-2H3,(H,27,28,29)/t15-,20+/m0/s1. The second-order valence-electron chi connectivity index (χ2n) is 9.54. The molecule has 9 nitrogen and oxygen atoms in total. The van der Waals surface area contributed by atoms with Crippen LogP contribution in [0.5, 0.6) is 0 Å². The molecule has 9 heteroatoms. The van der Waals surface area contributed by atoms with Crippen molar-refractivity contribution in [3.8, 4) is 0 Å². The van der Waals surface area contributed by atoms with Gasteiger partial charge in [0.2, 0.25) is 0 Å². The topological polar surface area (TPSA) is 109 Å². The normalized spacial score (nSPS) is 25.0. The van der Waals surface area contributed by atoms with E-state index in [1.807, 2.05) is 13.1 Å². The molecule has 0 radical (unpaired) electrons. The first-order valence-corrected chi connectivity index (χ1v) is 11.6. The lowest BCUT2D eigenvalue weighted by molar-refractivity contribution is 0.0974. The highest BCUT2D eigenvalue weighted by Gasteiger charge is 2.47. The zero-order chi connectivity index (χ0) is 21.9. The van der Waals surface area contributed by atoms with Crippen molar-refractivity contribution >= 4 is 28.5 Å². The van der Waals surface area contributed by atoms with Gasteiger partial charge in [0.15, 0.2) is 17.0 Å². The molecular weight excluding hydrogens is 404 g/mol. The van der Waals surface area contributed by atoms with Gasteiger partial charge in [-0.25, -0.2) is 9.97 Å². The fraction of sp³-hybridized carbons (Fsp3) is 0.565. The fourth-order valence-electron chi connectivity index (χ4n) is 5.55. The van der Waals surface area contributed by atoms with Crippen LogP contribution in [0.4, 0.5) is 17.3 Å². The molecule has 3 aliphatic rings. The number of nitrogens with two attached hydrogens (primary N) is 1. The SMILES string of the molecule is Cc1ccc2c(n1)CCCN2c1n[nH]c2nc(N3CCC4(CC3)CO[C@@H](C)[C@H]4N)cnc12. The number of rotatable bonds is 2. The van der Waals surface area contributed by atoms with E-state index >= 15 is 0 Å². The molecule has 2 saturated heterocycles. The minimum atomic E-state index is 0.0998. The molecule has 3 aliphatic heterocycles. The summed E-state index contributed by atoms with van der Waals surface area (Å²) in [6.45, 7) is 7.61. The van der Waals surface area contributed by atoms with Gasteiger partial charge in [0.25, 0.3) is 0 Å². The lowest BCUT2D eigenvalue weighted by atomic mass is 9.73. The Kier molecular flexibility index (Phi) is 4.58. The van der Waals surface area contributed by atoms with Crippen molar-refractivity contribution in [2.45, 2.75) is 51.7 Å². The molecule has 2 fully saturated rings. The summed E-state index contributed by atoms with van der Waals surface area (Å²) in [5.41, 5.74) is 11.4. The molecule has 0 aromatic carbocycles. The molecule has 0 bridgehead atoms. The number of nitrogens with zero attached hydrogens (tertiary/aromatic N) is 6. The van der Waals surface area contributed by atoms with Gasteiger partial charge in [0.1, 0.15) is 5.82 Å². The lowest BCUT2D eigenvalue weighted by Gasteiger charge is -2.41. The molecule has 0 saturated carbocycles. The van der Waals surface area contributed by atoms with Gasteiger partial charge in [-0.05, 0) is 51.7 Å². The number of nitrogens with one attached hydrogen (secondary N) is 1. The van der Waals surface area contributed by atoms with Crippen LogP contribution < -0.4 is 15.5 Å². The number of anilines is 3. The maximum Gasteiger partial charge on any atom is 0.183 e. The van der Waals surface area contributed by atoms with Gasteiger partial charge in [-0.2, -0.15) is 5.10 Å². The molecule has 0 amide bonds. The van der Waals surface area contributed by atoms with E-state index in [9.17, 15) is 0 Å². The third-order valence-electron chi connectivity index (χ3n) is 7.60. The fourth-order valence-corrected chi connectivity index (χ4v) is 5.55. The molecule has 0 aliphatic carbocycles. The predicted molar refractivity (Wildman–Crippen MR) is 123 cm³/mol. The van der Waals surface area contributed by atoms with Crippen LogP contribution in [0.2, 0.25) is 0 Å². The van der Waals surface area contributed by atoms with E-state index in [2.05, 4.69) is 39.1 Å². The Morgan fingerprint density at radius 3 is 2.81 bits per heavy atom. The van der Waals surface area contributed by atoms with Crippen molar-refractivity contribution in [1.82, 2.24) is 25.1 Å². The minimum absolute atomic E-state index is 0.0998. The molecule has 3 aromatic heterocycles. The number of fused-ring (bicyclic) bond motifs is 2. The first-order valence-electron chi connectivity index (χ1n) is 11.6. The Morgan fingerprint density at radius 2 is 2.03 bits per heavy atom. The van der Waals surface area contributed by atoms with Gasteiger partial charge >= 0.3 is 0 Å². The number of aromatic amines is 1. The van der Waals surface area contributed by atoms with Crippen LogP contribution in [-0.4, -0.2) is 63.5 Å². The molecule has 1 spiro atoms. The summed E-state index contributed by atoms with van der Waals surface area (Å²) in [6.07, 6.45) is 6.09. The Labute approximate surface area is 187 Å². The Balaban J connectivity index is 1.25. The van der Waals surface area contributed by atoms with Gasteiger partial charge in [-0.15, -0.1) is 0 Å². The minimum Gasteiger partial charge on any atom is -0.376 e. The third-order valence-corrected chi connectivity index (χ3v) is 7.60. The van der Waals surface area contributed by atoms with Crippen LogP contribution in [0, 0.1) is 12.3 Å². The molecule has 168 valence electrons. The lowest BCUT2D eigenvalue weighted by Crippen LogP contribution is -2.50. The van der Waals surface area contributed by atoms with E-state index in [1.54, 1.807) is 0 Å². The number of hydrogen-bond acceptors (Lipinski definition) is 8. The molecule has 6 rings (SSSR count). The van der Waals surface area contributed by atoms with Crippen LogP contribution in [-0.2, 0) is 11.2 Å². The van der Waals surface area contributed by atoms with Gasteiger partial charge in [-0.1, -0.05) is 0 Å². The summed E-state index contributed by atoms with van der Waals surface area (Å²) in [5, 5.41) is 7.72. The third kappa shape index (κ3) is 3.06. The average Bonchev–Trinajstić information content (AvgIpc) is 3.35. The zero-order valence-corrected chi connectivity index (χ0v) is 18.7. The van der Waals surface area contributed by atoms with E-state index in [0.717, 1.165) is 91.8 Å². The van der Waals surface area contributed by atoms with Crippen LogP contribution >= 0.6 is 0 Å². The number of piperidine rings is 1. The molecule has 3 aromatic rings. The van der Waals surface area contributed by atoms with Crippen LogP contribution in [0.3, 0.4) is 0 Å². The number of H-pyrrole nitrogens is 1. The number of pyridine rings is 1. The zero-order valence-electron chi connectivity index (χ0n) is 18.7. The maximum absolute atomic E-state index is 6.47. The van der Waals surface area contributed by atoms with Crippen LogP contribution in [0.15, 0.2) is 18.3 Å². The number of hydrogen-bond donors (Lipinski definition) is 2. The summed E-state index contributed by atoms with van der Waals surface area (Å²) in [4.78, 5) is 18.9. The second-order valence-corrected chi connectivity index (χ2v) is 9.54. The first kappa shape index (κ1) is 19.9. The maximum atomic E-state index is 6.47. The van der Waals surface area contributed by atoms with Gasteiger partial charge < -0.3 is 20.3 Å². The number of aryl methyl sites for hydroxylation is 2. The summed E-state index contributed by atoms with van der Waals surface area (Å²) in [5.74, 6) is 1.71. The van der Waals surface area contributed by atoms with E-state index in [-0.39, 0.29) is 17.6 Å². The Bertz CT molecular complexity index is 1150. The van der Waals surface area contributed by atoms with Crippen molar-refractivity contribution < 1.29 is 4.74 Å². The monoisotopic (exact) mass is 434 g/mol. The van der Waals surface area contributed by atoms with Crippen LogP contribution in [0.25, 0.3) is 11.2 Å². The Hall–Kier alpha value is -2.78. The number of aromatic nitrogens is 5. The second kappa shape index (κ2) is 7.38. The van der Waals surface area contributed by atoms with E-state index in [0.29, 0.717) is 0 Å². The van der Waals surface area contributed by atoms with Crippen molar-refractivity contribution in [1.29, 1.82) is 0 Å². The molecule has 3 N–H and O–H groups in total. The summed E-state index contributed by atoms with van der Waals surface area (Å²) >= 11 is 0. The van der Waals surface area contributed by atoms with E-state index in [4.69, 9.17) is 25.4 Å². The average molecular weight is 435 g/mol. The highest BCUT2D eigenvalue weighted by molar-refractivity contribution is 5.87. The van der Waals surface area contributed by atoms with Crippen LogP contribution in [0.1, 0.15) is 37.6 Å². The Morgan fingerprint density at radius 1 is 1.19 bits per heavy atom. The molecular formula is C23H30N8O. The first-order chi connectivity index (χ1) is 15.5. The summed E-state index contributed by atoms with van der Waals surface area (Å²) in [6, 6.07) is 4.31. The van der Waals surface area contributed by atoms with Crippen molar-refractivity contribution in [2.24, 2.45) is 11.1 Å². The van der Waals surface area contributed by atoms with Crippen molar-refractivity contribution in [3.63, 3.8) is 0 Å². The van der Waals surface area contributed by atoms with Gasteiger partial charge in [0.05, 0.1) is 30.3 Å². The molecule has 0 unspecified atom stereocenters. The molecule has 32 heavy (non-hydrogen) atoms. The predicted octanol–water partition coefficient (Wildman–Crippen LogP) is 2.47. The summed E-state index contributed by atoms with van der Waals surface area (Å²) in [7, 11) is 0. The van der Waals surface area contributed by atoms with Gasteiger partial charge in [-0.3, -0.25) is 10.1 Å². The van der Waals surface area contributed by atoms with Crippen molar-refractivity contribution in [3.05, 3.63) is 29.7 Å². The quantitative estimate of drug-likeness (QED) is 0.633. The van der Waals surface area contributed by atoms with Crippen molar-refractivity contribution in [2.75, 3.05) is 36.0 Å². The summed E-state index contributed by atoms with van der Waals surface area (Å²) < 4.78 is 5.86. The molecule has 6 heterocycles.